The van der Waals surface area contributed by atoms with Crippen LogP contribution in [-0.2, 0) is 12.8 Å². The number of alkyl halides is 3. The van der Waals surface area contributed by atoms with Gasteiger partial charge < -0.3 is 10.1 Å². The minimum atomic E-state index is -4.61. The van der Waals surface area contributed by atoms with E-state index >= 15 is 0 Å². The van der Waals surface area contributed by atoms with Crippen LogP contribution in [0.4, 0.5) is 13.2 Å². The molecule has 1 aliphatic rings. The standard InChI is InChI=1S/C27H20Cl2F3N3O2/c28-22-3-1-2-4-24(22)35-19(14-25(34-35)27(30,31)32)15-37-20-10-5-16(6-11-20)17-7-12-21(23(29)13-17)26(36)33-18-8-9-18/h1-7,10-14,18H,8-9,15H2,(H,33,36). The molecule has 0 atom stereocenters. The van der Waals surface area contributed by atoms with Crippen LogP contribution in [0, 0.1) is 0 Å². The Morgan fingerprint density at radius 1 is 0.973 bits per heavy atom. The fourth-order valence-electron chi connectivity index (χ4n) is 3.76. The van der Waals surface area contributed by atoms with Gasteiger partial charge in [-0.2, -0.15) is 18.3 Å². The highest BCUT2D eigenvalue weighted by Gasteiger charge is 2.35. The molecule has 1 fully saturated rings. The van der Waals surface area contributed by atoms with Gasteiger partial charge in [-0.1, -0.05) is 53.5 Å². The van der Waals surface area contributed by atoms with Crippen molar-refractivity contribution in [1.29, 1.82) is 0 Å². The van der Waals surface area contributed by atoms with E-state index in [1.54, 1.807) is 60.7 Å². The molecule has 5 rings (SSSR count). The Bertz CT molecular complexity index is 1450. The Hall–Kier alpha value is -3.49. The first-order chi connectivity index (χ1) is 17.7. The maximum atomic E-state index is 13.3. The van der Waals surface area contributed by atoms with Crippen molar-refractivity contribution in [3.63, 3.8) is 0 Å². The van der Waals surface area contributed by atoms with E-state index in [9.17, 15) is 18.0 Å². The highest BCUT2D eigenvalue weighted by atomic mass is 35.5. The summed E-state index contributed by atoms with van der Waals surface area (Å²) in [6, 6.07) is 19.9. The summed E-state index contributed by atoms with van der Waals surface area (Å²) in [5.41, 5.74) is 1.55. The Morgan fingerprint density at radius 2 is 1.68 bits per heavy atom. The third-order valence-electron chi connectivity index (χ3n) is 5.85. The molecule has 10 heteroatoms. The van der Waals surface area contributed by atoms with Gasteiger partial charge in [-0.15, -0.1) is 0 Å². The van der Waals surface area contributed by atoms with Gasteiger partial charge in [0.15, 0.2) is 5.69 Å². The van der Waals surface area contributed by atoms with Crippen molar-refractivity contribution in [3.05, 3.63) is 99.8 Å². The maximum absolute atomic E-state index is 13.3. The fourth-order valence-corrected chi connectivity index (χ4v) is 4.25. The number of nitrogens with one attached hydrogen (secondary N) is 1. The van der Waals surface area contributed by atoms with E-state index in [0.717, 1.165) is 34.7 Å². The molecule has 1 N–H and O–H groups in total. The number of nitrogens with zero attached hydrogens (tertiary/aromatic N) is 2. The molecule has 190 valence electrons. The number of aromatic nitrogens is 2. The molecule has 1 aromatic heterocycles. The number of rotatable bonds is 7. The molecule has 0 aliphatic heterocycles. The highest BCUT2D eigenvalue weighted by molar-refractivity contribution is 6.34. The molecule has 1 amide bonds. The number of hydrogen-bond donors (Lipinski definition) is 1. The number of carbonyl (C=O) groups is 1. The summed E-state index contributed by atoms with van der Waals surface area (Å²) >= 11 is 12.5. The fraction of sp³-hybridized carbons (Fsp3) is 0.185. The van der Waals surface area contributed by atoms with Crippen LogP contribution < -0.4 is 10.1 Å². The predicted octanol–water partition coefficient (Wildman–Crippen LogP) is 7.34. The molecular formula is C27H20Cl2F3N3O2. The molecule has 5 nitrogen and oxygen atoms in total. The number of hydrogen-bond acceptors (Lipinski definition) is 3. The minimum Gasteiger partial charge on any atom is -0.487 e. The number of amides is 1. The monoisotopic (exact) mass is 545 g/mol. The van der Waals surface area contributed by atoms with Gasteiger partial charge in [-0.25, -0.2) is 4.68 Å². The summed E-state index contributed by atoms with van der Waals surface area (Å²) in [5, 5.41) is 7.24. The summed E-state index contributed by atoms with van der Waals surface area (Å²) < 4.78 is 46.9. The average Bonchev–Trinajstić information content (AvgIpc) is 3.57. The largest absolute Gasteiger partial charge is 0.487 e. The minimum absolute atomic E-state index is 0.162. The smallest absolute Gasteiger partial charge is 0.435 e. The third kappa shape index (κ3) is 5.76. The zero-order chi connectivity index (χ0) is 26.2. The molecule has 0 bridgehead atoms. The molecular weight excluding hydrogens is 526 g/mol. The first-order valence-electron chi connectivity index (χ1n) is 11.4. The Kier molecular flexibility index (Phi) is 6.88. The van der Waals surface area contributed by atoms with E-state index in [2.05, 4.69) is 10.4 Å². The second-order valence-corrected chi connectivity index (χ2v) is 9.45. The van der Waals surface area contributed by atoms with Crippen molar-refractivity contribution in [1.82, 2.24) is 15.1 Å². The second-order valence-electron chi connectivity index (χ2n) is 8.64. The van der Waals surface area contributed by atoms with Crippen LogP contribution in [0.15, 0.2) is 72.8 Å². The summed E-state index contributed by atoms with van der Waals surface area (Å²) in [6.45, 7) is -0.162. The van der Waals surface area contributed by atoms with E-state index in [4.69, 9.17) is 27.9 Å². The van der Waals surface area contributed by atoms with Gasteiger partial charge in [0.2, 0.25) is 0 Å². The van der Waals surface area contributed by atoms with Gasteiger partial charge >= 0.3 is 6.18 Å². The summed E-state index contributed by atoms with van der Waals surface area (Å²) in [5.74, 6) is 0.267. The van der Waals surface area contributed by atoms with Crippen molar-refractivity contribution in [2.24, 2.45) is 0 Å². The molecule has 0 spiro atoms. The Labute approximate surface area is 220 Å². The number of carbonyl (C=O) groups excluding carboxylic acids is 1. The lowest BCUT2D eigenvalue weighted by Gasteiger charge is -2.11. The van der Waals surface area contributed by atoms with Crippen molar-refractivity contribution >= 4 is 29.1 Å². The van der Waals surface area contributed by atoms with E-state index in [1.165, 1.54) is 0 Å². The lowest BCUT2D eigenvalue weighted by molar-refractivity contribution is -0.141. The van der Waals surface area contributed by atoms with Gasteiger partial charge in [0, 0.05) is 6.04 Å². The van der Waals surface area contributed by atoms with Gasteiger partial charge in [0.25, 0.3) is 5.91 Å². The molecule has 37 heavy (non-hydrogen) atoms. The lowest BCUT2D eigenvalue weighted by atomic mass is 10.0. The summed E-state index contributed by atoms with van der Waals surface area (Å²) in [6.07, 6.45) is -2.64. The highest BCUT2D eigenvalue weighted by Crippen LogP contribution is 2.32. The average molecular weight is 546 g/mol. The van der Waals surface area contributed by atoms with Crippen LogP contribution in [0.1, 0.15) is 34.6 Å². The van der Waals surface area contributed by atoms with Crippen LogP contribution in [-0.4, -0.2) is 21.7 Å². The molecule has 1 heterocycles. The predicted molar refractivity (Wildman–Crippen MR) is 135 cm³/mol. The molecule has 0 saturated heterocycles. The number of para-hydroxylation sites is 1. The topological polar surface area (TPSA) is 56.1 Å². The molecule has 0 unspecified atom stereocenters. The first-order valence-corrected chi connectivity index (χ1v) is 12.2. The summed E-state index contributed by atoms with van der Waals surface area (Å²) in [7, 11) is 0. The van der Waals surface area contributed by atoms with E-state index in [-0.39, 0.29) is 29.3 Å². The quantitative estimate of drug-likeness (QED) is 0.264. The molecule has 1 saturated carbocycles. The van der Waals surface area contributed by atoms with Crippen molar-refractivity contribution in [2.45, 2.75) is 31.7 Å². The van der Waals surface area contributed by atoms with Crippen molar-refractivity contribution in [3.8, 4) is 22.6 Å². The number of ether oxygens (including phenoxy) is 1. The van der Waals surface area contributed by atoms with E-state index in [1.807, 2.05) is 6.07 Å². The van der Waals surface area contributed by atoms with Crippen molar-refractivity contribution < 1.29 is 22.7 Å². The first kappa shape index (κ1) is 25.2. The van der Waals surface area contributed by atoms with Crippen molar-refractivity contribution in [2.75, 3.05) is 0 Å². The van der Waals surface area contributed by atoms with Crippen LogP contribution in [0.25, 0.3) is 16.8 Å². The second kappa shape index (κ2) is 10.1. The SMILES string of the molecule is O=C(NC1CC1)c1ccc(-c2ccc(OCc3cc(C(F)(F)F)nn3-c3ccccc3Cl)cc2)cc1Cl. The molecule has 4 aromatic rings. The van der Waals surface area contributed by atoms with Gasteiger partial charge in [-0.05, 0) is 66.4 Å². The molecule has 0 radical (unpaired) electrons. The van der Waals surface area contributed by atoms with Crippen LogP contribution in [0.5, 0.6) is 5.75 Å². The third-order valence-corrected chi connectivity index (χ3v) is 6.49. The van der Waals surface area contributed by atoms with Gasteiger partial charge in [0.1, 0.15) is 12.4 Å². The van der Waals surface area contributed by atoms with Crippen LogP contribution in [0.2, 0.25) is 10.0 Å². The Balaban J connectivity index is 1.32. The zero-order valence-electron chi connectivity index (χ0n) is 19.2. The summed E-state index contributed by atoms with van der Waals surface area (Å²) in [4.78, 5) is 12.3. The zero-order valence-corrected chi connectivity index (χ0v) is 20.7. The normalized spacial score (nSPS) is 13.4. The lowest BCUT2D eigenvalue weighted by Crippen LogP contribution is -2.25. The van der Waals surface area contributed by atoms with Crippen LogP contribution >= 0.6 is 23.2 Å². The van der Waals surface area contributed by atoms with Gasteiger partial charge in [-0.3, -0.25) is 4.79 Å². The van der Waals surface area contributed by atoms with Crippen LogP contribution in [0.3, 0.4) is 0 Å². The molecule has 1 aliphatic carbocycles. The van der Waals surface area contributed by atoms with E-state index in [0.29, 0.717) is 22.0 Å². The van der Waals surface area contributed by atoms with Gasteiger partial charge in [0.05, 0.1) is 27.0 Å². The number of halogens is 5. The number of benzene rings is 3. The van der Waals surface area contributed by atoms with E-state index < -0.39 is 11.9 Å². The molecule has 3 aromatic carbocycles. The maximum Gasteiger partial charge on any atom is 0.435 e. The Morgan fingerprint density at radius 3 is 2.32 bits per heavy atom.